The minimum Gasteiger partial charge on any atom is -1.00 e. The molecule has 0 saturated carbocycles. The van der Waals surface area contributed by atoms with Gasteiger partial charge in [-0.1, -0.05) is 63.5 Å². The van der Waals surface area contributed by atoms with Crippen LogP contribution in [-0.4, -0.2) is 17.4 Å². The van der Waals surface area contributed by atoms with Gasteiger partial charge in [0.1, 0.15) is 0 Å². The summed E-state index contributed by atoms with van der Waals surface area (Å²) in [6.07, 6.45) is 19.0. The molecule has 0 fully saturated rings. The van der Waals surface area contributed by atoms with Crippen molar-refractivity contribution in [2.24, 2.45) is 0 Å². The van der Waals surface area contributed by atoms with Crippen molar-refractivity contribution >= 4 is 17.4 Å². The van der Waals surface area contributed by atoms with Crippen LogP contribution in [0, 0.1) is 7.43 Å². The van der Waals surface area contributed by atoms with E-state index in [4.69, 9.17) is 0 Å². The van der Waals surface area contributed by atoms with Crippen LogP contribution in [0.5, 0.6) is 0 Å². The Hall–Kier alpha value is 0.497. The molecule has 3 radical (unpaired) electrons. The zero-order valence-corrected chi connectivity index (χ0v) is 12.0. The van der Waals surface area contributed by atoms with Crippen LogP contribution >= 0.6 is 0 Å². The molecular weight excluding hydrogens is 266 g/mol. The van der Waals surface area contributed by atoms with Crippen LogP contribution in [0.25, 0.3) is 0 Å². The average molecular weight is 290 g/mol. The molecule has 0 saturated heterocycles. The SMILES string of the molecule is C.C.C1=CCC=C1.C1=CCC=C1.[Al].[CH3-].[Cl-].[Ti+2]. The van der Waals surface area contributed by atoms with Crippen molar-refractivity contribution in [1.29, 1.82) is 0 Å². The van der Waals surface area contributed by atoms with Crippen LogP contribution in [0.4, 0.5) is 0 Å². The molecule has 0 aromatic heterocycles. The zero-order chi connectivity index (χ0) is 7.07. The summed E-state index contributed by atoms with van der Waals surface area (Å²) in [5, 5.41) is 0. The van der Waals surface area contributed by atoms with Gasteiger partial charge in [-0.3, -0.25) is 0 Å². The second-order valence-electron chi connectivity index (χ2n) is 2.18. The van der Waals surface area contributed by atoms with Gasteiger partial charge in [-0.05, 0) is 12.8 Å². The van der Waals surface area contributed by atoms with Gasteiger partial charge in [-0.25, -0.2) is 0 Å². The summed E-state index contributed by atoms with van der Waals surface area (Å²) >= 11 is 0. The molecular formula is C13H23AlClTi. The van der Waals surface area contributed by atoms with Crippen molar-refractivity contribution < 1.29 is 34.1 Å². The van der Waals surface area contributed by atoms with Crippen molar-refractivity contribution in [3.8, 4) is 0 Å². The van der Waals surface area contributed by atoms with E-state index in [2.05, 4.69) is 48.6 Å². The molecule has 0 aliphatic heterocycles. The molecule has 2 rings (SSSR count). The van der Waals surface area contributed by atoms with Crippen molar-refractivity contribution in [1.82, 2.24) is 0 Å². The summed E-state index contributed by atoms with van der Waals surface area (Å²) in [6, 6.07) is 0. The summed E-state index contributed by atoms with van der Waals surface area (Å²) in [5.74, 6) is 0. The van der Waals surface area contributed by atoms with Gasteiger partial charge in [0.05, 0.1) is 0 Å². The summed E-state index contributed by atoms with van der Waals surface area (Å²) < 4.78 is 0. The van der Waals surface area contributed by atoms with Gasteiger partial charge >= 0.3 is 21.7 Å². The molecule has 0 atom stereocenters. The van der Waals surface area contributed by atoms with E-state index in [0.717, 1.165) is 12.8 Å². The zero-order valence-electron chi connectivity index (χ0n) is 8.49. The molecule has 0 spiro atoms. The van der Waals surface area contributed by atoms with E-state index in [1.54, 1.807) is 0 Å². The first kappa shape index (κ1) is 36.0. The fraction of sp³-hybridized carbons (Fsp3) is 0.308. The Balaban J connectivity index is -0.0000000227. The summed E-state index contributed by atoms with van der Waals surface area (Å²) in [5.41, 5.74) is 0. The molecule has 0 aromatic rings. The molecule has 89 valence electrons. The van der Waals surface area contributed by atoms with Gasteiger partial charge < -0.3 is 19.8 Å². The van der Waals surface area contributed by atoms with Crippen LogP contribution in [0.1, 0.15) is 27.7 Å². The molecule has 0 unspecified atom stereocenters. The van der Waals surface area contributed by atoms with Crippen LogP contribution in [0.15, 0.2) is 48.6 Å². The maximum Gasteiger partial charge on any atom is 2.00 e. The van der Waals surface area contributed by atoms with Gasteiger partial charge in [0.25, 0.3) is 0 Å². The van der Waals surface area contributed by atoms with Crippen LogP contribution in [0.3, 0.4) is 0 Å². The molecule has 0 N–H and O–H groups in total. The number of allylic oxidation sites excluding steroid dienone is 8. The summed E-state index contributed by atoms with van der Waals surface area (Å²) in [7, 11) is 0. The van der Waals surface area contributed by atoms with Gasteiger partial charge in [0.15, 0.2) is 0 Å². The first-order chi connectivity index (χ1) is 5.00. The third-order valence-electron chi connectivity index (χ3n) is 1.31. The van der Waals surface area contributed by atoms with E-state index >= 15 is 0 Å². The molecule has 0 bridgehead atoms. The van der Waals surface area contributed by atoms with Gasteiger partial charge in [0.2, 0.25) is 0 Å². The quantitative estimate of drug-likeness (QED) is 0.466. The van der Waals surface area contributed by atoms with E-state index in [0.29, 0.717) is 0 Å². The predicted molar refractivity (Wildman–Crippen MR) is 71.4 cm³/mol. The van der Waals surface area contributed by atoms with Gasteiger partial charge in [-0.15, -0.1) is 0 Å². The molecule has 2 aliphatic carbocycles. The minimum absolute atomic E-state index is 0. The second kappa shape index (κ2) is 29.6. The summed E-state index contributed by atoms with van der Waals surface area (Å²) in [4.78, 5) is 0. The largest absolute Gasteiger partial charge is 2.00 e. The fourth-order valence-corrected chi connectivity index (χ4v) is 0.786. The number of halogens is 1. The van der Waals surface area contributed by atoms with E-state index < -0.39 is 0 Å². The standard InChI is InChI=1S/2C5H6.2CH4.CH3.Al.ClH.Ti/c2*1-2-4-5-3-1;;;;;;/h2*1-4H,5H2;2*1H4;1H3;;1H;/q;;;;-1;;;+2/p-1. The molecule has 0 aromatic carbocycles. The van der Waals surface area contributed by atoms with Crippen molar-refractivity contribution in [2.45, 2.75) is 27.7 Å². The number of rotatable bonds is 0. The first-order valence-electron chi connectivity index (χ1n) is 3.63. The Morgan fingerprint density at radius 2 is 0.812 bits per heavy atom. The molecule has 0 heterocycles. The van der Waals surface area contributed by atoms with Crippen LogP contribution in [0.2, 0.25) is 0 Å². The monoisotopic (exact) mass is 289 g/mol. The molecule has 0 amide bonds. The fourth-order valence-electron chi connectivity index (χ4n) is 0.786. The second-order valence-corrected chi connectivity index (χ2v) is 2.18. The third kappa shape index (κ3) is 24.0. The molecule has 3 heteroatoms. The smallest absolute Gasteiger partial charge is 1.00 e. The first-order valence-corrected chi connectivity index (χ1v) is 3.63. The molecule has 2 aliphatic rings. The van der Waals surface area contributed by atoms with Gasteiger partial charge in [-0.2, -0.15) is 0 Å². The predicted octanol–water partition coefficient (Wildman–Crippen LogP) is 1.35. The Labute approximate surface area is 134 Å². The normalized spacial score (nSPS) is 11.0. The molecule has 16 heavy (non-hydrogen) atoms. The topological polar surface area (TPSA) is 0 Å². The van der Waals surface area contributed by atoms with Crippen LogP contribution < -0.4 is 12.4 Å². The molecule has 0 nitrogen and oxygen atoms in total. The maximum atomic E-state index is 2.12. The van der Waals surface area contributed by atoms with Gasteiger partial charge in [0, 0.05) is 17.4 Å². The number of hydrogen-bond acceptors (Lipinski definition) is 0. The maximum absolute atomic E-state index is 2.12. The minimum atomic E-state index is 0. The summed E-state index contributed by atoms with van der Waals surface area (Å²) in [6.45, 7) is 0. The number of hydrogen-bond donors (Lipinski definition) is 0. The third-order valence-corrected chi connectivity index (χ3v) is 1.31. The Kier molecular flexibility index (Phi) is 66.4. The van der Waals surface area contributed by atoms with E-state index in [9.17, 15) is 0 Å². The van der Waals surface area contributed by atoms with Crippen molar-refractivity contribution in [3.05, 3.63) is 56.0 Å². The average Bonchev–Trinajstić information content (AvgIpc) is 2.67. The Morgan fingerprint density at radius 3 is 0.875 bits per heavy atom. The van der Waals surface area contributed by atoms with Crippen molar-refractivity contribution in [2.75, 3.05) is 0 Å². The van der Waals surface area contributed by atoms with E-state index in [1.165, 1.54) is 0 Å². The van der Waals surface area contributed by atoms with Crippen LogP contribution in [-0.2, 0) is 21.7 Å². The Bertz CT molecular complexity index is 154. The van der Waals surface area contributed by atoms with Crippen molar-refractivity contribution in [3.63, 3.8) is 0 Å². The Morgan fingerprint density at radius 1 is 0.625 bits per heavy atom. The van der Waals surface area contributed by atoms with E-state index in [1.807, 2.05) is 0 Å². The van der Waals surface area contributed by atoms with E-state index in [-0.39, 0.29) is 73.8 Å².